The van der Waals surface area contributed by atoms with E-state index in [0.717, 1.165) is 12.8 Å². The van der Waals surface area contributed by atoms with Gasteiger partial charge in [-0.3, -0.25) is 0 Å². The minimum absolute atomic E-state index is 0.155. The average molecular weight is 256 g/mol. The molecule has 0 aromatic carbocycles. The SMILES string of the molecule is CC1CCCC(NC(=O)NCC(O)C(C)(C)C)C1. The van der Waals surface area contributed by atoms with Gasteiger partial charge in [0, 0.05) is 12.6 Å². The minimum Gasteiger partial charge on any atom is -0.391 e. The number of rotatable bonds is 3. The molecule has 0 bridgehead atoms. The highest BCUT2D eigenvalue weighted by atomic mass is 16.3. The van der Waals surface area contributed by atoms with Crippen molar-refractivity contribution in [2.24, 2.45) is 11.3 Å². The van der Waals surface area contributed by atoms with Gasteiger partial charge in [0.05, 0.1) is 6.10 Å². The molecule has 0 heterocycles. The van der Waals surface area contributed by atoms with Crippen molar-refractivity contribution >= 4 is 6.03 Å². The Kier molecular flexibility index (Phi) is 5.45. The Labute approximate surface area is 111 Å². The maximum Gasteiger partial charge on any atom is 0.315 e. The van der Waals surface area contributed by atoms with E-state index >= 15 is 0 Å². The second-order valence-corrected chi connectivity index (χ2v) is 6.70. The third kappa shape index (κ3) is 5.25. The quantitative estimate of drug-likeness (QED) is 0.725. The molecule has 3 atom stereocenters. The van der Waals surface area contributed by atoms with E-state index in [0.29, 0.717) is 18.5 Å². The molecule has 0 radical (unpaired) electrons. The number of nitrogens with one attached hydrogen (secondary N) is 2. The number of carbonyl (C=O) groups excluding carboxylic acids is 1. The second-order valence-electron chi connectivity index (χ2n) is 6.70. The number of hydrogen-bond donors (Lipinski definition) is 3. The smallest absolute Gasteiger partial charge is 0.315 e. The molecular formula is C14H28N2O2. The summed E-state index contributed by atoms with van der Waals surface area (Å²) in [4.78, 5) is 11.7. The van der Waals surface area contributed by atoms with E-state index in [9.17, 15) is 9.90 Å². The number of aliphatic hydroxyl groups excluding tert-OH is 1. The molecule has 18 heavy (non-hydrogen) atoms. The van der Waals surface area contributed by atoms with Crippen molar-refractivity contribution in [3.8, 4) is 0 Å². The van der Waals surface area contributed by atoms with Crippen LogP contribution < -0.4 is 10.6 Å². The van der Waals surface area contributed by atoms with Crippen LogP contribution in [0.15, 0.2) is 0 Å². The van der Waals surface area contributed by atoms with Crippen LogP contribution in [0, 0.1) is 11.3 Å². The van der Waals surface area contributed by atoms with Crippen LogP contribution >= 0.6 is 0 Å². The van der Waals surface area contributed by atoms with Crippen LogP contribution in [0.5, 0.6) is 0 Å². The monoisotopic (exact) mass is 256 g/mol. The van der Waals surface area contributed by atoms with Crippen LogP contribution in [0.25, 0.3) is 0 Å². The standard InChI is InChI=1S/C14H28N2O2/c1-10-6-5-7-11(8-10)16-13(18)15-9-12(17)14(2,3)4/h10-12,17H,5-9H2,1-4H3,(H2,15,16,18). The summed E-state index contributed by atoms with van der Waals surface area (Å²) in [7, 11) is 0. The molecule has 0 aromatic rings. The van der Waals surface area contributed by atoms with E-state index < -0.39 is 6.10 Å². The van der Waals surface area contributed by atoms with Crippen molar-refractivity contribution in [1.29, 1.82) is 0 Å². The molecule has 0 aromatic heterocycles. The highest BCUT2D eigenvalue weighted by Gasteiger charge is 2.24. The molecule has 3 N–H and O–H groups in total. The molecule has 1 rings (SSSR count). The Morgan fingerprint density at radius 2 is 2.06 bits per heavy atom. The summed E-state index contributed by atoms with van der Waals surface area (Å²) >= 11 is 0. The van der Waals surface area contributed by atoms with Crippen molar-refractivity contribution in [2.45, 2.75) is 65.5 Å². The van der Waals surface area contributed by atoms with Gasteiger partial charge in [-0.25, -0.2) is 4.79 Å². The van der Waals surface area contributed by atoms with Gasteiger partial charge >= 0.3 is 6.03 Å². The summed E-state index contributed by atoms with van der Waals surface area (Å²) in [5.74, 6) is 0.698. The Morgan fingerprint density at radius 3 is 2.61 bits per heavy atom. The highest BCUT2D eigenvalue weighted by molar-refractivity contribution is 5.74. The maximum absolute atomic E-state index is 11.7. The first-order chi connectivity index (χ1) is 8.29. The molecule has 106 valence electrons. The van der Waals surface area contributed by atoms with Crippen molar-refractivity contribution in [1.82, 2.24) is 10.6 Å². The van der Waals surface area contributed by atoms with Crippen LogP contribution in [-0.4, -0.2) is 29.8 Å². The molecule has 4 nitrogen and oxygen atoms in total. The van der Waals surface area contributed by atoms with E-state index in [2.05, 4.69) is 17.6 Å². The fourth-order valence-electron chi connectivity index (χ4n) is 2.30. The number of carbonyl (C=O) groups is 1. The number of aliphatic hydroxyl groups is 1. The Balaban J connectivity index is 2.25. The predicted octanol–water partition coefficient (Wildman–Crippen LogP) is 2.27. The zero-order valence-electron chi connectivity index (χ0n) is 12.1. The second kappa shape index (κ2) is 6.41. The van der Waals surface area contributed by atoms with Gasteiger partial charge < -0.3 is 15.7 Å². The third-order valence-corrected chi connectivity index (χ3v) is 3.73. The first-order valence-electron chi connectivity index (χ1n) is 7.01. The first-order valence-corrected chi connectivity index (χ1v) is 7.01. The molecule has 3 unspecified atom stereocenters. The van der Waals surface area contributed by atoms with E-state index in [-0.39, 0.29) is 11.4 Å². The van der Waals surface area contributed by atoms with E-state index in [4.69, 9.17) is 0 Å². The Hall–Kier alpha value is -0.770. The lowest BCUT2D eigenvalue weighted by Gasteiger charge is -2.29. The van der Waals surface area contributed by atoms with Crippen LogP contribution in [-0.2, 0) is 0 Å². The largest absolute Gasteiger partial charge is 0.391 e. The molecule has 0 saturated heterocycles. The zero-order valence-corrected chi connectivity index (χ0v) is 12.1. The van der Waals surface area contributed by atoms with Crippen LogP contribution in [0.1, 0.15) is 53.4 Å². The topological polar surface area (TPSA) is 61.4 Å². The van der Waals surface area contributed by atoms with Crippen molar-refractivity contribution in [2.75, 3.05) is 6.54 Å². The lowest BCUT2D eigenvalue weighted by Crippen LogP contribution is -2.47. The number of hydrogen-bond acceptors (Lipinski definition) is 2. The van der Waals surface area contributed by atoms with Gasteiger partial charge in [0.25, 0.3) is 0 Å². The molecule has 1 fully saturated rings. The number of urea groups is 1. The molecule has 0 aliphatic heterocycles. The Morgan fingerprint density at radius 1 is 1.39 bits per heavy atom. The predicted molar refractivity (Wildman–Crippen MR) is 73.4 cm³/mol. The van der Waals surface area contributed by atoms with E-state index in [1.54, 1.807) is 0 Å². The normalized spacial score (nSPS) is 26.5. The van der Waals surface area contributed by atoms with Crippen LogP contribution in [0.4, 0.5) is 4.79 Å². The van der Waals surface area contributed by atoms with Gasteiger partial charge in [0.2, 0.25) is 0 Å². The average Bonchev–Trinajstić information content (AvgIpc) is 2.24. The van der Waals surface area contributed by atoms with Gasteiger partial charge in [0.15, 0.2) is 0 Å². The van der Waals surface area contributed by atoms with E-state index in [1.807, 2.05) is 20.8 Å². The Bertz CT molecular complexity index is 273. The molecular weight excluding hydrogens is 228 g/mol. The summed E-state index contributed by atoms with van der Waals surface area (Å²) in [6, 6.07) is 0.137. The fraction of sp³-hybridized carbons (Fsp3) is 0.929. The minimum atomic E-state index is -0.520. The molecule has 1 saturated carbocycles. The highest BCUT2D eigenvalue weighted by Crippen LogP contribution is 2.23. The first kappa shape index (κ1) is 15.3. The van der Waals surface area contributed by atoms with Crippen LogP contribution in [0.3, 0.4) is 0 Å². The lowest BCUT2D eigenvalue weighted by molar-refractivity contribution is 0.0648. The fourth-order valence-corrected chi connectivity index (χ4v) is 2.30. The molecule has 4 heteroatoms. The summed E-state index contributed by atoms with van der Waals surface area (Å²) in [5.41, 5.74) is -0.202. The molecule has 1 aliphatic carbocycles. The number of amides is 2. The van der Waals surface area contributed by atoms with Crippen molar-refractivity contribution in [3.63, 3.8) is 0 Å². The molecule has 2 amide bonds. The van der Waals surface area contributed by atoms with Crippen LogP contribution in [0.2, 0.25) is 0 Å². The van der Waals surface area contributed by atoms with Gasteiger partial charge in [-0.15, -0.1) is 0 Å². The van der Waals surface area contributed by atoms with Gasteiger partial charge in [-0.2, -0.15) is 0 Å². The van der Waals surface area contributed by atoms with Gasteiger partial charge in [-0.1, -0.05) is 40.5 Å². The van der Waals surface area contributed by atoms with Gasteiger partial charge in [0.1, 0.15) is 0 Å². The zero-order chi connectivity index (χ0) is 13.8. The maximum atomic E-state index is 11.7. The summed E-state index contributed by atoms with van der Waals surface area (Å²) < 4.78 is 0. The van der Waals surface area contributed by atoms with Gasteiger partial charge in [-0.05, 0) is 24.2 Å². The van der Waals surface area contributed by atoms with Crippen molar-refractivity contribution in [3.05, 3.63) is 0 Å². The van der Waals surface area contributed by atoms with E-state index in [1.165, 1.54) is 12.8 Å². The van der Waals surface area contributed by atoms with Crippen molar-refractivity contribution < 1.29 is 9.90 Å². The summed E-state index contributed by atoms with van der Waals surface area (Å²) in [6.07, 6.45) is 4.07. The summed E-state index contributed by atoms with van der Waals surface area (Å²) in [6.45, 7) is 8.41. The molecule has 1 aliphatic rings. The summed E-state index contributed by atoms with van der Waals surface area (Å²) in [5, 5.41) is 15.6. The molecule has 0 spiro atoms. The lowest BCUT2D eigenvalue weighted by atomic mass is 9.87. The third-order valence-electron chi connectivity index (χ3n) is 3.73.